The number of pyridine rings is 1. The van der Waals surface area contributed by atoms with Crippen molar-refractivity contribution in [3.8, 4) is 11.8 Å². The van der Waals surface area contributed by atoms with E-state index in [4.69, 9.17) is 10.00 Å². The Morgan fingerprint density at radius 2 is 1.81 bits per heavy atom. The van der Waals surface area contributed by atoms with Crippen molar-refractivity contribution in [2.24, 2.45) is 5.92 Å². The van der Waals surface area contributed by atoms with E-state index < -0.39 is 16.1 Å². The Bertz CT molecular complexity index is 1090. The fourth-order valence-electron chi connectivity index (χ4n) is 3.48. The first-order valence-corrected chi connectivity index (χ1v) is 11.8. The molecule has 1 saturated heterocycles. The van der Waals surface area contributed by atoms with Crippen molar-refractivity contribution in [3.05, 3.63) is 48.2 Å². The molecule has 1 aliphatic rings. The molecule has 0 aliphatic carbocycles. The first kappa shape index (κ1) is 23.5. The van der Waals surface area contributed by atoms with Gasteiger partial charge in [0.2, 0.25) is 15.9 Å². The van der Waals surface area contributed by atoms with Crippen molar-refractivity contribution < 1.29 is 17.9 Å². The summed E-state index contributed by atoms with van der Waals surface area (Å²) in [5.74, 6) is 0.753. The van der Waals surface area contributed by atoms with E-state index in [0.717, 1.165) is 0 Å². The fraction of sp³-hybridized carbons (Fsp3) is 0.409. The van der Waals surface area contributed by atoms with Gasteiger partial charge in [-0.2, -0.15) is 9.98 Å². The van der Waals surface area contributed by atoms with E-state index in [1.807, 2.05) is 18.7 Å². The number of rotatable bonds is 7. The molecule has 2 aromatic rings. The predicted molar refractivity (Wildman–Crippen MR) is 120 cm³/mol. The van der Waals surface area contributed by atoms with Gasteiger partial charge >= 0.3 is 0 Å². The number of carbonyl (C=O) groups excluding carboxylic acids is 1. The number of hydrogen-bond acceptors (Lipinski definition) is 7. The maximum atomic E-state index is 13.2. The fourth-order valence-corrected chi connectivity index (χ4v) is 4.81. The molecule has 1 aromatic heterocycles. The second kappa shape index (κ2) is 9.97. The second-order valence-corrected chi connectivity index (χ2v) is 9.56. The van der Waals surface area contributed by atoms with Crippen LogP contribution < -0.4 is 14.4 Å². The van der Waals surface area contributed by atoms with Gasteiger partial charge in [-0.3, -0.25) is 4.79 Å². The number of nitrogens with zero attached hydrogens (tertiary/aromatic N) is 4. The average Bonchev–Trinajstić information content (AvgIpc) is 2.82. The topological polar surface area (TPSA) is 116 Å². The standard InChI is InChI=1S/C22H27N5O4S/c1-16(2)21(25-32(29,30)19-6-4-18(31-3)5-7-19)22(28)27-12-10-26(11-13-27)20-14-17(15-23)8-9-24-20/h4-9,14,16,21,25H,10-13H2,1-3H3/t21-/m0/s1. The third-order valence-corrected chi connectivity index (χ3v) is 6.83. The molecule has 32 heavy (non-hydrogen) atoms. The summed E-state index contributed by atoms with van der Waals surface area (Å²) in [6.07, 6.45) is 1.59. The van der Waals surface area contributed by atoms with E-state index in [-0.39, 0.29) is 16.7 Å². The monoisotopic (exact) mass is 457 g/mol. The van der Waals surface area contributed by atoms with E-state index in [1.54, 1.807) is 35.4 Å². The Morgan fingerprint density at radius 1 is 1.16 bits per heavy atom. The predicted octanol–water partition coefficient (Wildman–Crippen LogP) is 1.61. The number of ether oxygens (including phenoxy) is 1. The number of aromatic nitrogens is 1. The number of nitriles is 1. The van der Waals surface area contributed by atoms with Crippen LogP contribution in [-0.4, -0.2) is 63.5 Å². The summed E-state index contributed by atoms with van der Waals surface area (Å²) >= 11 is 0. The minimum atomic E-state index is -3.88. The van der Waals surface area contributed by atoms with Crippen LogP contribution in [-0.2, 0) is 14.8 Å². The molecule has 9 nitrogen and oxygen atoms in total. The van der Waals surface area contributed by atoms with Crippen molar-refractivity contribution in [2.75, 3.05) is 38.2 Å². The number of methoxy groups -OCH3 is 1. The van der Waals surface area contributed by atoms with Gasteiger partial charge in [0.05, 0.1) is 23.6 Å². The van der Waals surface area contributed by atoms with Crippen LogP contribution >= 0.6 is 0 Å². The Balaban J connectivity index is 1.68. The molecule has 3 rings (SSSR count). The van der Waals surface area contributed by atoms with E-state index in [1.165, 1.54) is 19.2 Å². The Hall–Kier alpha value is -3.16. The molecule has 1 aromatic carbocycles. The molecule has 0 spiro atoms. The van der Waals surface area contributed by atoms with Crippen molar-refractivity contribution >= 4 is 21.7 Å². The van der Waals surface area contributed by atoms with Crippen LogP contribution in [0.4, 0.5) is 5.82 Å². The van der Waals surface area contributed by atoms with Gasteiger partial charge in [0.15, 0.2) is 0 Å². The molecule has 0 unspecified atom stereocenters. The molecule has 1 amide bonds. The van der Waals surface area contributed by atoms with E-state index in [9.17, 15) is 13.2 Å². The Kier molecular flexibility index (Phi) is 7.33. The average molecular weight is 458 g/mol. The summed E-state index contributed by atoms with van der Waals surface area (Å²) in [4.78, 5) is 21.3. The van der Waals surface area contributed by atoms with Crippen LogP contribution in [0.25, 0.3) is 0 Å². The molecular weight excluding hydrogens is 430 g/mol. The molecule has 10 heteroatoms. The molecule has 1 N–H and O–H groups in total. The van der Waals surface area contributed by atoms with Crippen LogP contribution in [0.3, 0.4) is 0 Å². The number of sulfonamides is 1. The normalized spacial score (nSPS) is 15.3. The molecular formula is C22H27N5O4S. The van der Waals surface area contributed by atoms with Crippen LogP contribution in [0.15, 0.2) is 47.5 Å². The van der Waals surface area contributed by atoms with Gasteiger partial charge in [-0.25, -0.2) is 13.4 Å². The Morgan fingerprint density at radius 3 is 2.38 bits per heavy atom. The smallest absolute Gasteiger partial charge is 0.241 e. The Labute approximate surface area is 188 Å². The lowest BCUT2D eigenvalue weighted by Gasteiger charge is -2.37. The maximum absolute atomic E-state index is 13.2. The van der Waals surface area contributed by atoms with Crippen LogP contribution in [0.1, 0.15) is 19.4 Å². The van der Waals surface area contributed by atoms with Crippen molar-refractivity contribution in [1.82, 2.24) is 14.6 Å². The zero-order valence-corrected chi connectivity index (χ0v) is 19.2. The first-order valence-electron chi connectivity index (χ1n) is 10.3. The number of hydrogen-bond donors (Lipinski definition) is 1. The zero-order chi connectivity index (χ0) is 23.3. The van der Waals surface area contributed by atoms with Crippen molar-refractivity contribution in [3.63, 3.8) is 0 Å². The first-order chi connectivity index (χ1) is 15.2. The molecule has 2 heterocycles. The quantitative estimate of drug-likeness (QED) is 0.672. The number of amides is 1. The van der Waals surface area contributed by atoms with Crippen molar-refractivity contribution in [1.29, 1.82) is 5.26 Å². The summed E-state index contributed by atoms with van der Waals surface area (Å²) in [6.45, 7) is 5.59. The highest BCUT2D eigenvalue weighted by Crippen LogP contribution is 2.19. The zero-order valence-electron chi connectivity index (χ0n) is 18.4. The summed E-state index contributed by atoms with van der Waals surface area (Å²) in [7, 11) is -2.37. The minimum Gasteiger partial charge on any atom is -0.497 e. The number of piperazine rings is 1. The lowest BCUT2D eigenvalue weighted by molar-refractivity contribution is -0.134. The number of carbonyl (C=O) groups is 1. The van der Waals surface area contributed by atoms with E-state index in [0.29, 0.717) is 43.3 Å². The summed E-state index contributed by atoms with van der Waals surface area (Å²) in [5, 5.41) is 9.08. The molecule has 170 valence electrons. The number of benzene rings is 1. The highest BCUT2D eigenvalue weighted by molar-refractivity contribution is 7.89. The van der Waals surface area contributed by atoms with Crippen LogP contribution in [0.5, 0.6) is 5.75 Å². The summed E-state index contributed by atoms with van der Waals surface area (Å²) in [6, 6.07) is 10.6. The SMILES string of the molecule is COc1ccc(S(=O)(=O)N[C@H](C(=O)N2CCN(c3cc(C#N)ccn3)CC2)C(C)C)cc1. The number of nitrogens with one attached hydrogen (secondary N) is 1. The molecule has 1 fully saturated rings. The molecule has 1 aliphatic heterocycles. The lowest BCUT2D eigenvalue weighted by Crippen LogP contribution is -2.56. The van der Waals surface area contributed by atoms with Gasteiger partial charge in [0.1, 0.15) is 17.6 Å². The molecule has 0 bridgehead atoms. The van der Waals surface area contributed by atoms with Gasteiger partial charge in [-0.15, -0.1) is 0 Å². The van der Waals surface area contributed by atoms with Crippen LogP contribution in [0.2, 0.25) is 0 Å². The van der Waals surface area contributed by atoms with Gasteiger partial charge in [0, 0.05) is 32.4 Å². The lowest BCUT2D eigenvalue weighted by atomic mass is 10.0. The summed E-state index contributed by atoms with van der Waals surface area (Å²) in [5.41, 5.74) is 0.529. The van der Waals surface area contributed by atoms with Gasteiger partial charge < -0.3 is 14.5 Å². The van der Waals surface area contributed by atoms with E-state index >= 15 is 0 Å². The number of anilines is 1. The molecule has 0 radical (unpaired) electrons. The third kappa shape index (κ3) is 5.36. The maximum Gasteiger partial charge on any atom is 0.241 e. The van der Waals surface area contributed by atoms with Gasteiger partial charge in [-0.1, -0.05) is 13.8 Å². The minimum absolute atomic E-state index is 0.0741. The largest absolute Gasteiger partial charge is 0.497 e. The van der Waals surface area contributed by atoms with Crippen molar-refractivity contribution in [2.45, 2.75) is 24.8 Å². The molecule has 0 saturated carbocycles. The second-order valence-electron chi connectivity index (χ2n) is 7.85. The van der Waals surface area contributed by atoms with E-state index in [2.05, 4.69) is 15.8 Å². The summed E-state index contributed by atoms with van der Waals surface area (Å²) < 4.78 is 33.4. The third-order valence-electron chi connectivity index (χ3n) is 5.37. The van der Waals surface area contributed by atoms with Gasteiger partial charge in [0.25, 0.3) is 0 Å². The molecule has 1 atom stereocenters. The van der Waals surface area contributed by atoms with Crippen LogP contribution in [0, 0.1) is 17.2 Å². The van der Waals surface area contributed by atoms with Gasteiger partial charge in [-0.05, 0) is 42.3 Å². The highest BCUT2D eigenvalue weighted by Gasteiger charge is 2.33. The highest BCUT2D eigenvalue weighted by atomic mass is 32.2.